The lowest BCUT2D eigenvalue weighted by molar-refractivity contribution is -0.0192. The van der Waals surface area contributed by atoms with Crippen molar-refractivity contribution in [3.05, 3.63) is 23.3 Å². The molecule has 0 saturated carbocycles. The summed E-state index contributed by atoms with van der Waals surface area (Å²) in [6.45, 7) is 0. The molecule has 0 fully saturated rings. The van der Waals surface area contributed by atoms with Crippen LogP contribution in [0.4, 0.5) is 0 Å². The number of allylic oxidation sites excluding steroid dienone is 1. The second-order valence-corrected chi connectivity index (χ2v) is 3.28. The van der Waals surface area contributed by atoms with Crippen LogP contribution in [0.3, 0.4) is 0 Å². The summed E-state index contributed by atoms with van der Waals surface area (Å²) in [5.74, 6) is 1.27. The first-order chi connectivity index (χ1) is 7.11. The Bertz CT molecular complexity index is 299. The minimum absolute atomic E-state index is 0.489. The van der Waals surface area contributed by atoms with Crippen LogP contribution < -0.4 is 11.1 Å². The summed E-state index contributed by atoms with van der Waals surface area (Å²) in [7, 11) is 6.53. The predicted octanol–water partition coefficient (Wildman–Crippen LogP) is 0.299. The molecule has 1 aliphatic rings. The van der Waals surface area contributed by atoms with E-state index in [9.17, 15) is 0 Å². The van der Waals surface area contributed by atoms with Crippen LogP contribution in [0.5, 0.6) is 0 Å². The van der Waals surface area contributed by atoms with Crippen molar-refractivity contribution in [2.24, 2.45) is 5.73 Å². The van der Waals surface area contributed by atoms with E-state index >= 15 is 0 Å². The molecule has 1 unspecified atom stereocenters. The molecule has 0 aliphatic heterocycles. The van der Waals surface area contributed by atoms with Gasteiger partial charge in [0.2, 0.25) is 0 Å². The lowest BCUT2D eigenvalue weighted by atomic mass is 9.99. The van der Waals surface area contributed by atoms with E-state index in [-0.39, 0.29) is 0 Å². The van der Waals surface area contributed by atoms with Crippen molar-refractivity contribution in [2.45, 2.75) is 12.1 Å². The molecule has 0 bridgehead atoms. The number of methoxy groups -OCH3 is 3. The third-order valence-electron chi connectivity index (χ3n) is 2.52. The largest absolute Gasteiger partial charge is 0.496 e. The number of rotatable bonds is 4. The van der Waals surface area contributed by atoms with Crippen molar-refractivity contribution in [1.82, 2.24) is 5.32 Å². The normalized spacial score (nSPS) is 26.1. The maximum Gasteiger partial charge on any atom is 0.180 e. The molecule has 5 nitrogen and oxygen atoms in total. The minimum atomic E-state index is -0.922. The Labute approximate surface area is 89.9 Å². The number of hydrogen-bond donors (Lipinski definition) is 2. The highest BCUT2D eigenvalue weighted by atomic mass is 16.5. The van der Waals surface area contributed by atoms with Gasteiger partial charge in [0.15, 0.2) is 5.72 Å². The fourth-order valence-electron chi connectivity index (χ4n) is 1.56. The lowest BCUT2D eigenvalue weighted by Gasteiger charge is -2.33. The maximum atomic E-state index is 6.05. The minimum Gasteiger partial charge on any atom is -0.496 e. The number of ether oxygens (including phenoxy) is 3. The van der Waals surface area contributed by atoms with Gasteiger partial charge in [-0.2, -0.15) is 0 Å². The van der Waals surface area contributed by atoms with Crippen molar-refractivity contribution in [2.75, 3.05) is 28.4 Å². The van der Waals surface area contributed by atoms with Gasteiger partial charge in [0.05, 0.1) is 19.9 Å². The van der Waals surface area contributed by atoms with Crippen LogP contribution in [-0.4, -0.2) is 34.1 Å². The Hall–Kier alpha value is -1.20. The van der Waals surface area contributed by atoms with Gasteiger partial charge < -0.3 is 19.5 Å². The quantitative estimate of drug-likeness (QED) is 0.659. The van der Waals surface area contributed by atoms with Crippen molar-refractivity contribution in [1.29, 1.82) is 0 Å². The van der Waals surface area contributed by atoms with E-state index in [1.807, 2.05) is 7.05 Å². The lowest BCUT2D eigenvalue weighted by Crippen LogP contribution is -2.47. The molecule has 1 aliphatic carbocycles. The van der Waals surface area contributed by atoms with Crippen molar-refractivity contribution in [3.63, 3.8) is 0 Å². The highest BCUT2D eigenvalue weighted by molar-refractivity contribution is 5.32. The van der Waals surface area contributed by atoms with Gasteiger partial charge in [-0.3, -0.25) is 5.73 Å². The van der Waals surface area contributed by atoms with Gasteiger partial charge in [0.25, 0.3) is 0 Å². The van der Waals surface area contributed by atoms with Gasteiger partial charge in [0.1, 0.15) is 11.5 Å². The Morgan fingerprint density at radius 1 is 1.33 bits per heavy atom. The monoisotopic (exact) mass is 214 g/mol. The van der Waals surface area contributed by atoms with Gasteiger partial charge in [-0.1, -0.05) is 0 Å². The van der Waals surface area contributed by atoms with Crippen LogP contribution in [-0.2, 0) is 14.2 Å². The topological polar surface area (TPSA) is 65.7 Å². The molecule has 0 spiro atoms. The van der Waals surface area contributed by atoms with Gasteiger partial charge in [0, 0.05) is 26.7 Å². The second-order valence-electron chi connectivity index (χ2n) is 3.28. The molecule has 0 aromatic rings. The van der Waals surface area contributed by atoms with Gasteiger partial charge in [-0.05, 0) is 0 Å². The average molecular weight is 214 g/mol. The van der Waals surface area contributed by atoms with E-state index in [1.54, 1.807) is 27.4 Å². The first kappa shape index (κ1) is 11.9. The fourth-order valence-corrected chi connectivity index (χ4v) is 1.56. The molecule has 0 saturated heterocycles. The SMILES string of the molecule is CNC1=C(OC)C=C(OC)C(N)(OC)C1. The third kappa shape index (κ3) is 2.08. The summed E-state index contributed by atoms with van der Waals surface area (Å²) in [5.41, 5.74) is 6.02. The van der Waals surface area contributed by atoms with Crippen LogP contribution in [0.2, 0.25) is 0 Å². The van der Waals surface area contributed by atoms with Crippen molar-refractivity contribution < 1.29 is 14.2 Å². The average Bonchev–Trinajstić information content (AvgIpc) is 2.28. The van der Waals surface area contributed by atoms with Gasteiger partial charge >= 0.3 is 0 Å². The maximum absolute atomic E-state index is 6.05. The van der Waals surface area contributed by atoms with Crippen molar-refractivity contribution in [3.8, 4) is 0 Å². The Balaban J connectivity index is 3.09. The third-order valence-corrected chi connectivity index (χ3v) is 2.52. The van der Waals surface area contributed by atoms with E-state index in [2.05, 4.69) is 5.32 Å². The number of nitrogens with one attached hydrogen (secondary N) is 1. The van der Waals surface area contributed by atoms with E-state index in [4.69, 9.17) is 19.9 Å². The zero-order chi connectivity index (χ0) is 11.5. The summed E-state index contributed by atoms with van der Waals surface area (Å²) < 4.78 is 15.7. The predicted molar refractivity (Wildman–Crippen MR) is 56.7 cm³/mol. The van der Waals surface area contributed by atoms with Gasteiger partial charge in [-0.25, -0.2) is 0 Å². The Kier molecular flexibility index (Phi) is 3.60. The summed E-state index contributed by atoms with van der Waals surface area (Å²) in [6.07, 6.45) is 2.22. The molecule has 0 radical (unpaired) electrons. The van der Waals surface area contributed by atoms with Crippen LogP contribution in [0.25, 0.3) is 0 Å². The Morgan fingerprint density at radius 3 is 2.40 bits per heavy atom. The van der Waals surface area contributed by atoms with Crippen molar-refractivity contribution >= 4 is 0 Å². The van der Waals surface area contributed by atoms with Crippen LogP contribution in [0.15, 0.2) is 23.3 Å². The summed E-state index contributed by atoms with van der Waals surface area (Å²) in [5, 5.41) is 3.03. The molecule has 1 atom stereocenters. The number of nitrogens with two attached hydrogens (primary N) is 1. The molecular formula is C10H18N2O3. The molecule has 0 amide bonds. The highest BCUT2D eigenvalue weighted by Gasteiger charge is 2.36. The summed E-state index contributed by atoms with van der Waals surface area (Å²) >= 11 is 0. The van der Waals surface area contributed by atoms with E-state index in [0.717, 1.165) is 5.70 Å². The Morgan fingerprint density at radius 2 is 2.00 bits per heavy atom. The van der Waals surface area contributed by atoms with E-state index < -0.39 is 5.72 Å². The molecule has 0 heterocycles. The van der Waals surface area contributed by atoms with Crippen LogP contribution in [0, 0.1) is 0 Å². The van der Waals surface area contributed by atoms with E-state index in [1.165, 1.54) is 0 Å². The second kappa shape index (κ2) is 4.55. The van der Waals surface area contributed by atoms with Crippen LogP contribution in [0.1, 0.15) is 6.42 Å². The molecule has 0 aromatic carbocycles. The van der Waals surface area contributed by atoms with Gasteiger partial charge in [-0.15, -0.1) is 0 Å². The molecule has 5 heteroatoms. The molecule has 86 valence electrons. The zero-order valence-electron chi connectivity index (χ0n) is 9.59. The standard InChI is InChI=1S/C10H18N2O3/c1-12-7-6-10(11,15-4)9(14-3)5-8(7)13-2/h5,12H,6,11H2,1-4H3. The highest BCUT2D eigenvalue weighted by Crippen LogP contribution is 2.30. The molecule has 15 heavy (non-hydrogen) atoms. The molecule has 0 aromatic heterocycles. The zero-order valence-corrected chi connectivity index (χ0v) is 9.59. The first-order valence-corrected chi connectivity index (χ1v) is 4.66. The smallest absolute Gasteiger partial charge is 0.180 e. The molecule has 3 N–H and O–H groups in total. The van der Waals surface area contributed by atoms with Crippen LogP contribution >= 0.6 is 0 Å². The summed E-state index contributed by atoms with van der Waals surface area (Å²) in [4.78, 5) is 0. The summed E-state index contributed by atoms with van der Waals surface area (Å²) in [6, 6.07) is 0. The molecular weight excluding hydrogens is 196 g/mol. The first-order valence-electron chi connectivity index (χ1n) is 4.66. The molecule has 1 rings (SSSR count). The van der Waals surface area contributed by atoms with E-state index in [0.29, 0.717) is 17.9 Å². The fraction of sp³-hybridized carbons (Fsp3) is 0.600. The number of hydrogen-bond acceptors (Lipinski definition) is 5.